The number of rotatable bonds is 3. The molecule has 0 unspecified atom stereocenters. The van der Waals surface area contributed by atoms with E-state index in [0.29, 0.717) is 22.0 Å². The van der Waals surface area contributed by atoms with Crippen molar-refractivity contribution in [2.75, 3.05) is 11.9 Å². The van der Waals surface area contributed by atoms with Gasteiger partial charge in [0.15, 0.2) is 5.84 Å². The zero-order chi connectivity index (χ0) is 15.6. The van der Waals surface area contributed by atoms with Gasteiger partial charge in [-0.2, -0.15) is 0 Å². The van der Waals surface area contributed by atoms with Gasteiger partial charge in [-0.05, 0) is 49.3 Å². The van der Waals surface area contributed by atoms with Gasteiger partial charge in [-0.25, -0.2) is 0 Å². The van der Waals surface area contributed by atoms with Crippen LogP contribution in [0.25, 0.3) is 0 Å². The first-order chi connectivity index (χ1) is 9.84. The number of nitrogens with two attached hydrogens (primary N) is 1. The van der Waals surface area contributed by atoms with Crippen molar-refractivity contribution in [1.29, 1.82) is 0 Å². The molecule has 1 fully saturated rings. The second-order valence-electron chi connectivity index (χ2n) is 6.66. The fourth-order valence-corrected chi connectivity index (χ4v) is 3.24. The number of hydrogen-bond acceptors (Lipinski definition) is 3. The summed E-state index contributed by atoms with van der Waals surface area (Å²) in [5, 5.41) is 12.2. The largest absolute Gasteiger partial charge is 0.409 e. The maximum absolute atomic E-state index is 8.74. The minimum atomic E-state index is 0.0358. The highest BCUT2D eigenvalue weighted by Crippen LogP contribution is 2.38. The first-order valence-electron chi connectivity index (χ1n) is 7.34. The minimum Gasteiger partial charge on any atom is -0.409 e. The summed E-state index contributed by atoms with van der Waals surface area (Å²) in [6.07, 6.45) is 4.89. The Morgan fingerprint density at radius 3 is 2.52 bits per heavy atom. The summed E-state index contributed by atoms with van der Waals surface area (Å²) in [6.45, 7) is 4.68. The standard InChI is InChI=1S/C16H24ClN3O/c1-16(2)8-6-11(7-9-16)20(3)12-4-5-13(14(17)10-12)15(18)19-21/h4-5,10-11,21H,6-9H2,1-3H3,(H2,18,19). The van der Waals surface area contributed by atoms with E-state index < -0.39 is 0 Å². The molecule has 0 saturated heterocycles. The van der Waals surface area contributed by atoms with Crippen molar-refractivity contribution in [1.82, 2.24) is 0 Å². The van der Waals surface area contributed by atoms with E-state index in [1.54, 1.807) is 6.07 Å². The Labute approximate surface area is 131 Å². The molecule has 2 rings (SSSR count). The molecule has 0 spiro atoms. The highest BCUT2D eigenvalue weighted by Gasteiger charge is 2.29. The molecule has 1 aromatic rings. The van der Waals surface area contributed by atoms with Crippen LogP contribution in [0.2, 0.25) is 5.02 Å². The van der Waals surface area contributed by atoms with E-state index in [1.165, 1.54) is 25.7 Å². The second kappa shape index (κ2) is 6.14. The lowest BCUT2D eigenvalue weighted by Crippen LogP contribution is -2.37. The van der Waals surface area contributed by atoms with Crippen LogP contribution in [0.1, 0.15) is 45.1 Å². The molecule has 4 nitrogen and oxygen atoms in total. The van der Waals surface area contributed by atoms with E-state index in [1.807, 2.05) is 12.1 Å². The molecule has 5 heteroatoms. The molecule has 1 aliphatic carbocycles. The van der Waals surface area contributed by atoms with Crippen molar-refractivity contribution in [2.24, 2.45) is 16.3 Å². The van der Waals surface area contributed by atoms with E-state index in [-0.39, 0.29) is 5.84 Å². The van der Waals surface area contributed by atoms with Crippen LogP contribution in [-0.4, -0.2) is 24.1 Å². The van der Waals surface area contributed by atoms with Crippen molar-refractivity contribution in [3.63, 3.8) is 0 Å². The van der Waals surface area contributed by atoms with Crippen molar-refractivity contribution in [2.45, 2.75) is 45.6 Å². The predicted octanol–water partition coefficient (Wildman–Crippen LogP) is 3.84. The molecule has 0 amide bonds. The average Bonchev–Trinajstić information content (AvgIpc) is 2.45. The molecule has 0 aromatic heterocycles. The Balaban J connectivity index is 2.13. The van der Waals surface area contributed by atoms with Crippen LogP contribution in [0.3, 0.4) is 0 Å². The van der Waals surface area contributed by atoms with Gasteiger partial charge in [0, 0.05) is 24.3 Å². The Hall–Kier alpha value is -1.42. The molecule has 1 saturated carbocycles. The van der Waals surface area contributed by atoms with E-state index in [0.717, 1.165) is 5.69 Å². The van der Waals surface area contributed by atoms with Gasteiger partial charge >= 0.3 is 0 Å². The van der Waals surface area contributed by atoms with Crippen LogP contribution in [0.5, 0.6) is 0 Å². The summed E-state index contributed by atoms with van der Waals surface area (Å²) in [6, 6.07) is 6.20. The third-order valence-electron chi connectivity index (χ3n) is 4.60. The molecule has 0 bridgehead atoms. The lowest BCUT2D eigenvalue weighted by molar-refractivity contribution is 0.222. The van der Waals surface area contributed by atoms with Gasteiger partial charge in [-0.3, -0.25) is 0 Å². The number of halogens is 1. The number of amidine groups is 1. The fourth-order valence-electron chi connectivity index (χ4n) is 2.97. The maximum Gasteiger partial charge on any atom is 0.171 e. The molecule has 1 aliphatic rings. The molecule has 3 N–H and O–H groups in total. The van der Waals surface area contributed by atoms with Gasteiger partial charge in [0.2, 0.25) is 0 Å². The molecule has 21 heavy (non-hydrogen) atoms. The lowest BCUT2D eigenvalue weighted by atomic mass is 9.75. The minimum absolute atomic E-state index is 0.0358. The van der Waals surface area contributed by atoms with Crippen molar-refractivity contribution < 1.29 is 5.21 Å². The normalized spacial score (nSPS) is 19.5. The van der Waals surface area contributed by atoms with Gasteiger partial charge in [0.1, 0.15) is 0 Å². The maximum atomic E-state index is 8.74. The highest BCUT2D eigenvalue weighted by molar-refractivity contribution is 6.34. The number of nitrogens with zero attached hydrogens (tertiary/aromatic N) is 2. The van der Waals surface area contributed by atoms with Crippen LogP contribution in [0.4, 0.5) is 5.69 Å². The summed E-state index contributed by atoms with van der Waals surface area (Å²) in [7, 11) is 2.11. The second-order valence-corrected chi connectivity index (χ2v) is 7.06. The SMILES string of the molecule is CN(c1ccc(/C(N)=N/O)c(Cl)c1)C1CCC(C)(C)CC1. The van der Waals surface area contributed by atoms with Crippen LogP contribution in [-0.2, 0) is 0 Å². The molecule has 116 valence electrons. The van der Waals surface area contributed by atoms with Gasteiger partial charge in [-0.1, -0.05) is 30.6 Å². The Kier molecular flexibility index (Phi) is 4.67. The Bertz CT molecular complexity index is 532. The third kappa shape index (κ3) is 3.62. The van der Waals surface area contributed by atoms with Crippen molar-refractivity contribution in [3.05, 3.63) is 28.8 Å². The smallest absolute Gasteiger partial charge is 0.171 e. The van der Waals surface area contributed by atoms with Gasteiger partial charge in [-0.15, -0.1) is 0 Å². The van der Waals surface area contributed by atoms with Gasteiger partial charge in [0.05, 0.1) is 5.02 Å². The first kappa shape index (κ1) is 16.0. The van der Waals surface area contributed by atoms with Crippen LogP contribution in [0, 0.1) is 5.41 Å². The van der Waals surface area contributed by atoms with Crippen molar-refractivity contribution in [3.8, 4) is 0 Å². The number of oxime groups is 1. The molecule has 1 aromatic carbocycles. The fraction of sp³-hybridized carbons (Fsp3) is 0.562. The summed E-state index contributed by atoms with van der Waals surface area (Å²) < 4.78 is 0. The summed E-state index contributed by atoms with van der Waals surface area (Å²) in [4.78, 5) is 2.29. The highest BCUT2D eigenvalue weighted by atomic mass is 35.5. The predicted molar refractivity (Wildman–Crippen MR) is 88.4 cm³/mol. The summed E-state index contributed by atoms with van der Waals surface area (Å²) in [5.74, 6) is 0.0358. The van der Waals surface area contributed by atoms with Crippen LogP contribution < -0.4 is 10.6 Å². The molecule has 0 radical (unpaired) electrons. The monoisotopic (exact) mass is 309 g/mol. The van der Waals surface area contributed by atoms with E-state index in [2.05, 4.69) is 31.0 Å². The quantitative estimate of drug-likeness (QED) is 0.386. The van der Waals surface area contributed by atoms with Crippen LogP contribution >= 0.6 is 11.6 Å². The number of anilines is 1. The van der Waals surface area contributed by atoms with E-state index in [4.69, 9.17) is 22.5 Å². The third-order valence-corrected chi connectivity index (χ3v) is 4.91. The Morgan fingerprint density at radius 2 is 2.00 bits per heavy atom. The Morgan fingerprint density at radius 1 is 1.38 bits per heavy atom. The lowest BCUT2D eigenvalue weighted by Gasteiger charge is -2.39. The zero-order valence-electron chi connectivity index (χ0n) is 12.9. The summed E-state index contributed by atoms with van der Waals surface area (Å²) >= 11 is 6.23. The van der Waals surface area contributed by atoms with Crippen molar-refractivity contribution >= 4 is 23.1 Å². The number of benzene rings is 1. The number of hydrogen-bond donors (Lipinski definition) is 2. The van der Waals surface area contributed by atoms with E-state index >= 15 is 0 Å². The van der Waals surface area contributed by atoms with Gasteiger partial charge in [0.25, 0.3) is 0 Å². The molecular formula is C16H24ClN3O. The molecule has 0 atom stereocenters. The molecule has 0 aliphatic heterocycles. The molecule has 0 heterocycles. The first-order valence-corrected chi connectivity index (χ1v) is 7.72. The van der Waals surface area contributed by atoms with Crippen LogP contribution in [0.15, 0.2) is 23.4 Å². The average molecular weight is 310 g/mol. The topological polar surface area (TPSA) is 61.8 Å². The van der Waals surface area contributed by atoms with Gasteiger partial charge < -0.3 is 15.8 Å². The molecular weight excluding hydrogens is 286 g/mol. The van der Waals surface area contributed by atoms with E-state index in [9.17, 15) is 0 Å². The summed E-state index contributed by atoms with van der Waals surface area (Å²) in [5.41, 5.74) is 7.68. The zero-order valence-corrected chi connectivity index (χ0v) is 13.7.